The molecule has 1 aliphatic rings. The number of pyridine rings is 1. The third kappa shape index (κ3) is 4.15. The summed E-state index contributed by atoms with van der Waals surface area (Å²) in [4.78, 5) is 18.2. The first-order valence-electron chi connectivity index (χ1n) is 7.28. The van der Waals surface area contributed by atoms with Crippen molar-refractivity contribution in [1.29, 1.82) is 0 Å². The average molecular weight is 293 g/mol. The van der Waals surface area contributed by atoms with Gasteiger partial charge in [0.2, 0.25) is 0 Å². The third-order valence-electron chi connectivity index (χ3n) is 3.84. The number of anilines is 1. The van der Waals surface area contributed by atoms with Crippen LogP contribution < -0.4 is 10.2 Å². The smallest absolute Gasteiger partial charge is 0.252 e. The predicted octanol–water partition coefficient (Wildman–Crippen LogP) is 0.665. The van der Waals surface area contributed by atoms with Gasteiger partial charge in [-0.1, -0.05) is 6.92 Å². The van der Waals surface area contributed by atoms with Crippen LogP contribution >= 0.6 is 0 Å². The lowest BCUT2D eigenvalue weighted by Crippen LogP contribution is -2.43. The number of aromatic nitrogens is 1. The topological polar surface area (TPSA) is 74.7 Å². The summed E-state index contributed by atoms with van der Waals surface area (Å²) in [5.74, 6) is 0.972. The van der Waals surface area contributed by atoms with Crippen LogP contribution in [0.25, 0.3) is 0 Å². The SMILES string of the molecule is COCCNC(=O)c1ccc(N2CCC(C)C(O)C2)nc1. The van der Waals surface area contributed by atoms with Crippen molar-refractivity contribution < 1.29 is 14.6 Å². The predicted molar refractivity (Wildman–Crippen MR) is 80.4 cm³/mol. The van der Waals surface area contributed by atoms with E-state index in [9.17, 15) is 9.90 Å². The van der Waals surface area contributed by atoms with Gasteiger partial charge in [-0.2, -0.15) is 0 Å². The second-order valence-corrected chi connectivity index (χ2v) is 5.43. The van der Waals surface area contributed by atoms with Gasteiger partial charge in [0, 0.05) is 32.9 Å². The number of methoxy groups -OCH3 is 1. The van der Waals surface area contributed by atoms with Gasteiger partial charge in [0.25, 0.3) is 5.91 Å². The van der Waals surface area contributed by atoms with Crippen LogP contribution in [0.2, 0.25) is 0 Å². The molecule has 6 nitrogen and oxygen atoms in total. The Balaban J connectivity index is 1.94. The minimum Gasteiger partial charge on any atom is -0.391 e. The highest BCUT2D eigenvalue weighted by molar-refractivity contribution is 5.94. The first-order chi connectivity index (χ1) is 10.1. The van der Waals surface area contributed by atoms with Crippen LogP contribution in [-0.4, -0.2) is 55.5 Å². The summed E-state index contributed by atoms with van der Waals surface area (Å²) in [6.45, 7) is 4.50. The minimum absolute atomic E-state index is 0.154. The Kier molecular flexibility index (Phi) is 5.52. The number of hydrogen-bond donors (Lipinski definition) is 2. The molecule has 2 rings (SSSR count). The lowest BCUT2D eigenvalue weighted by Gasteiger charge is -2.35. The van der Waals surface area contributed by atoms with Crippen LogP contribution in [0.3, 0.4) is 0 Å². The fourth-order valence-electron chi connectivity index (χ4n) is 2.33. The Morgan fingerprint density at radius 1 is 1.57 bits per heavy atom. The van der Waals surface area contributed by atoms with Crippen LogP contribution in [0, 0.1) is 5.92 Å². The normalized spacial score (nSPS) is 22.1. The summed E-state index contributed by atoms with van der Waals surface area (Å²) < 4.78 is 4.88. The number of piperidine rings is 1. The van der Waals surface area contributed by atoms with Crippen molar-refractivity contribution in [2.45, 2.75) is 19.4 Å². The van der Waals surface area contributed by atoms with Gasteiger partial charge in [-0.15, -0.1) is 0 Å². The van der Waals surface area contributed by atoms with Crippen molar-refractivity contribution in [3.8, 4) is 0 Å². The van der Waals surface area contributed by atoms with Crippen molar-refractivity contribution in [3.63, 3.8) is 0 Å². The maximum Gasteiger partial charge on any atom is 0.252 e. The first-order valence-corrected chi connectivity index (χ1v) is 7.28. The highest BCUT2D eigenvalue weighted by Crippen LogP contribution is 2.21. The molecular weight excluding hydrogens is 270 g/mol. The van der Waals surface area contributed by atoms with E-state index in [4.69, 9.17) is 4.74 Å². The van der Waals surface area contributed by atoms with Crippen LogP contribution in [0.1, 0.15) is 23.7 Å². The Hall–Kier alpha value is -1.66. The zero-order valence-electron chi connectivity index (χ0n) is 12.6. The molecule has 21 heavy (non-hydrogen) atoms. The van der Waals surface area contributed by atoms with E-state index in [-0.39, 0.29) is 12.0 Å². The van der Waals surface area contributed by atoms with Crippen molar-refractivity contribution in [2.24, 2.45) is 5.92 Å². The molecule has 1 aromatic heterocycles. The highest BCUT2D eigenvalue weighted by Gasteiger charge is 2.24. The fraction of sp³-hybridized carbons (Fsp3) is 0.600. The molecule has 2 heterocycles. The van der Waals surface area contributed by atoms with Crippen LogP contribution in [0.5, 0.6) is 0 Å². The maximum absolute atomic E-state index is 11.8. The van der Waals surface area contributed by atoms with Gasteiger partial charge < -0.3 is 20.1 Å². The molecule has 0 spiro atoms. The Labute approximate surface area is 125 Å². The molecule has 0 radical (unpaired) electrons. The van der Waals surface area contributed by atoms with Crippen LogP contribution in [0.4, 0.5) is 5.82 Å². The van der Waals surface area contributed by atoms with Crippen molar-refractivity contribution in [3.05, 3.63) is 23.9 Å². The number of β-amino-alcohol motifs (C(OH)–C–C–N with tert-alkyl or cyclic N) is 1. The number of carbonyl (C=O) groups is 1. The Morgan fingerprint density at radius 3 is 3.00 bits per heavy atom. The number of nitrogens with zero attached hydrogens (tertiary/aromatic N) is 2. The molecule has 1 fully saturated rings. The van der Waals surface area contributed by atoms with Gasteiger partial charge in [0.15, 0.2) is 0 Å². The van der Waals surface area contributed by atoms with E-state index in [0.717, 1.165) is 18.8 Å². The molecule has 2 atom stereocenters. The molecule has 0 bridgehead atoms. The minimum atomic E-state index is -0.322. The Bertz CT molecular complexity index is 464. The largest absolute Gasteiger partial charge is 0.391 e. The fourth-order valence-corrected chi connectivity index (χ4v) is 2.33. The monoisotopic (exact) mass is 293 g/mol. The molecule has 2 unspecified atom stereocenters. The molecule has 2 N–H and O–H groups in total. The molecule has 0 saturated carbocycles. The van der Waals surface area contributed by atoms with Gasteiger partial charge in [-0.05, 0) is 24.5 Å². The van der Waals surface area contributed by atoms with E-state index in [1.54, 1.807) is 19.4 Å². The quantitative estimate of drug-likeness (QED) is 0.780. The summed E-state index contributed by atoms with van der Waals surface area (Å²) in [5, 5.41) is 12.7. The lowest BCUT2D eigenvalue weighted by molar-refractivity contribution is 0.0936. The van der Waals surface area contributed by atoms with E-state index in [1.165, 1.54) is 0 Å². The molecule has 6 heteroatoms. The number of amides is 1. The Morgan fingerprint density at radius 2 is 2.38 bits per heavy atom. The summed E-state index contributed by atoms with van der Waals surface area (Å²) in [6, 6.07) is 3.59. The van der Waals surface area contributed by atoms with Gasteiger partial charge in [0.1, 0.15) is 5.82 Å². The van der Waals surface area contributed by atoms with Gasteiger partial charge in [0.05, 0.1) is 18.3 Å². The summed E-state index contributed by atoms with van der Waals surface area (Å²) in [5.41, 5.74) is 0.528. The van der Waals surface area contributed by atoms with Crippen molar-refractivity contribution in [1.82, 2.24) is 10.3 Å². The van der Waals surface area contributed by atoms with E-state index < -0.39 is 0 Å². The molecule has 1 amide bonds. The number of hydrogen-bond acceptors (Lipinski definition) is 5. The molecule has 0 aliphatic carbocycles. The molecule has 1 aromatic rings. The molecule has 1 saturated heterocycles. The highest BCUT2D eigenvalue weighted by atomic mass is 16.5. The summed E-state index contributed by atoms with van der Waals surface area (Å²) in [7, 11) is 1.59. The number of ether oxygens (including phenoxy) is 1. The van der Waals surface area contributed by atoms with E-state index in [2.05, 4.69) is 22.1 Å². The number of carbonyl (C=O) groups excluding carboxylic acids is 1. The van der Waals surface area contributed by atoms with Crippen LogP contribution in [-0.2, 0) is 4.74 Å². The molecule has 0 aromatic carbocycles. The zero-order chi connectivity index (χ0) is 15.2. The maximum atomic E-state index is 11.8. The van der Waals surface area contributed by atoms with E-state index in [1.807, 2.05) is 6.07 Å². The second-order valence-electron chi connectivity index (χ2n) is 5.43. The van der Waals surface area contributed by atoms with Crippen molar-refractivity contribution in [2.75, 3.05) is 38.3 Å². The second kappa shape index (κ2) is 7.38. The lowest BCUT2D eigenvalue weighted by atomic mass is 9.96. The first kappa shape index (κ1) is 15.7. The molecule has 1 aliphatic heterocycles. The van der Waals surface area contributed by atoms with Crippen LogP contribution in [0.15, 0.2) is 18.3 Å². The number of aliphatic hydroxyl groups excluding tert-OH is 1. The number of rotatable bonds is 5. The molecule has 116 valence electrons. The van der Waals surface area contributed by atoms with Gasteiger partial charge >= 0.3 is 0 Å². The van der Waals surface area contributed by atoms with Gasteiger partial charge in [-0.25, -0.2) is 4.98 Å². The van der Waals surface area contributed by atoms with Gasteiger partial charge in [-0.3, -0.25) is 4.79 Å². The van der Waals surface area contributed by atoms with E-state index in [0.29, 0.717) is 31.2 Å². The number of nitrogens with one attached hydrogen (secondary N) is 1. The zero-order valence-corrected chi connectivity index (χ0v) is 12.6. The summed E-state index contributed by atoms with van der Waals surface area (Å²) >= 11 is 0. The molecular formula is C15H23N3O3. The van der Waals surface area contributed by atoms with E-state index >= 15 is 0 Å². The summed E-state index contributed by atoms with van der Waals surface area (Å²) in [6.07, 6.45) is 2.20. The standard InChI is InChI=1S/C15H23N3O3/c1-11-5-7-18(10-13(11)19)14-4-3-12(9-17-14)15(20)16-6-8-21-2/h3-4,9,11,13,19H,5-8,10H2,1-2H3,(H,16,20). The van der Waals surface area contributed by atoms with Crippen molar-refractivity contribution >= 4 is 11.7 Å². The average Bonchev–Trinajstić information content (AvgIpc) is 2.50. The third-order valence-corrected chi connectivity index (χ3v) is 3.84. The number of aliphatic hydroxyl groups is 1.